The van der Waals surface area contributed by atoms with Gasteiger partial charge in [0.05, 0.1) is 11.4 Å². The van der Waals surface area contributed by atoms with Crippen molar-refractivity contribution >= 4 is 28.5 Å². The summed E-state index contributed by atoms with van der Waals surface area (Å²) in [5.74, 6) is -0.157. The number of carbonyl (C=O) groups is 1. The number of nitrogens with zero attached hydrogens (tertiary/aromatic N) is 4. The third kappa shape index (κ3) is 2.86. The zero-order chi connectivity index (χ0) is 16.4. The third-order valence-corrected chi connectivity index (χ3v) is 4.99. The average molecular weight is 350 g/mol. The summed E-state index contributed by atoms with van der Waals surface area (Å²) in [6.07, 6.45) is 6.87. The van der Waals surface area contributed by atoms with Crippen LogP contribution in [-0.2, 0) is 0 Å². The standard InChI is InChI=1S/C17H10N4OS2/c22-15(16-20-13(9-23-16)11-3-1-5-18-7-11)17-21-14(10-24-17)12-4-2-6-19-8-12/h1-10H. The fourth-order valence-electron chi connectivity index (χ4n) is 2.14. The Hall–Kier alpha value is -2.77. The van der Waals surface area contributed by atoms with E-state index in [1.54, 1.807) is 24.8 Å². The fourth-order valence-corrected chi connectivity index (χ4v) is 3.74. The molecule has 4 aromatic heterocycles. The molecule has 0 radical (unpaired) electrons. The minimum absolute atomic E-state index is 0.157. The van der Waals surface area contributed by atoms with Crippen molar-refractivity contribution in [1.29, 1.82) is 0 Å². The van der Waals surface area contributed by atoms with Gasteiger partial charge in [-0.2, -0.15) is 0 Å². The molecule has 0 atom stereocenters. The molecule has 0 aliphatic carbocycles. The maximum atomic E-state index is 12.6. The molecule has 116 valence electrons. The second-order valence-electron chi connectivity index (χ2n) is 4.89. The summed E-state index contributed by atoms with van der Waals surface area (Å²) in [5, 5.41) is 4.58. The maximum Gasteiger partial charge on any atom is 0.250 e. The van der Waals surface area contributed by atoms with Crippen LogP contribution in [0.3, 0.4) is 0 Å². The first-order chi connectivity index (χ1) is 11.8. The smallest absolute Gasteiger partial charge is 0.250 e. The summed E-state index contributed by atoms with van der Waals surface area (Å²) in [6, 6.07) is 7.52. The van der Waals surface area contributed by atoms with E-state index in [9.17, 15) is 4.79 Å². The van der Waals surface area contributed by atoms with Gasteiger partial charge in [-0.1, -0.05) is 0 Å². The van der Waals surface area contributed by atoms with Gasteiger partial charge in [0.25, 0.3) is 0 Å². The molecule has 4 rings (SSSR count). The van der Waals surface area contributed by atoms with E-state index >= 15 is 0 Å². The number of hydrogen-bond acceptors (Lipinski definition) is 7. The molecule has 0 amide bonds. The lowest BCUT2D eigenvalue weighted by Gasteiger charge is -1.94. The molecule has 0 unspecified atom stereocenters. The SMILES string of the molecule is O=C(c1nc(-c2cccnc2)cs1)c1nc(-c2cccnc2)cs1. The largest absolute Gasteiger partial charge is 0.283 e. The van der Waals surface area contributed by atoms with Gasteiger partial charge in [0.15, 0.2) is 10.0 Å². The Morgan fingerprint density at radius 3 is 1.71 bits per heavy atom. The van der Waals surface area contributed by atoms with Crippen LogP contribution in [0.5, 0.6) is 0 Å². The second-order valence-corrected chi connectivity index (χ2v) is 6.60. The van der Waals surface area contributed by atoms with Crippen molar-refractivity contribution in [2.24, 2.45) is 0 Å². The quantitative estimate of drug-likeness (QED) is 0.521. The Bertz CT molecular complexity index is 900. The first-order valence-corrected chi connectivity index (χ1v) is 8.84. The van der Waals surface area contributed by atoms with E-state index in [1.165, 1.54) is 22.7 Å². The number of hydrogen-bond donors (Lipinski definition) is 0. The monoisotopic (exact) mass is 350 g/mol. The summed E-state index contributed by atoms with van der Waals surface area (Å²) in [4.78, 5) is 29.6. The number of pyridine rings is 2. The molecule has 0 aliphatic rings. The van der Waals surface area contributed by atoms with Crippen molar-refractivity contribution in [2.75, 3.05) is 0 Å². The van der Waals surface area contributed by atoms with Gasteiger partial charge in [0, 0.05) is 46.7 Å². The van der Waals surface area contributed by atoms with Crippen molar-refractivity contribution in [3.05, 3.63) is 69.8 Å². The fraction of sp³-hybridized carbons (Fsp3) is 0. The molecule has 0 bridgehead atoms. The highest BCUT2D eigenvalue weighted by molar-refractivity contribution is 7.15. The molecule has 7 heteroatoms. The van der Waals surface area contributed by atoms with Crippen LogP contribution >= 0.6 is 22.7 Å². The van der Waals surface area contributed by atoms with Crippen LogP contribution in [0.4, 0.5) is 0 Å². The van der Waals surface area contributed by atoms with E-state index in [4.69, 9.17) is 0 Å². The lowest BCUT2D eigenvalue weighted by molar-refractivity contribution is 0.103. The van der Waals surface area contributed by atoms with E-state index in [0.29, 0.717) is 10.0 Å². The number of carbonyl (C=O) groups excluding carboxylic acids is 1. The van der Waals surface area contributed by atoms with Crippen molar-refractivity contribution in [3.63, 3.8) is 0 Å². The highest BCUT2D eigenvalue weighted by Gasteiger charge is 2.18. The zero-order valence-corrected chi connectivity index (χ0v) is 13.9. The highest BCUT2D eigenvalue weighted by atomic mass is 32.1. The first-order valence-electron chi connectivity index (χ1n) is 7.08. The lowest BCUT2D eigenvalue weighted by atomic mass is 10.2. The van der Waals surface area contributed by atoms with Crippen LogP contribution in [0.25, 0.3) is 22.5 Å². The van der Waals surface area contributed by atoms with Crippen molar-refractivity contribution in [3.8, 4) is 22.5 Å². The van der Waals surface area contributed by atoms with Crippen LogP contribution in [0.15, 0.2) is 59.8 Å². The van der Waals surface area contributed by atoms with E-state index in [2.05, 4.69) is 19.9 Å². The number of rotatable bonds is 4. The minimum atomic E-state index is -0.157. The molecular formula is C17H10N4OS2. The molecule has 0 fully saturated rings. The molecule has 0 spiro atoms. The number of ketones is 1. The summed E-state index contributed by atoms with van der Waals surface area (Å²) in [5.41, 5.74) is 3.28. The maximum absolute atomic E-state index is 12.6. The molecule has 4 aromatic rings. The van der Waals surface area contributed by atoms with Crippen LogP contribution < -0.4 is 0 Å². The molecule has 0 aliphatic heterocycles. The van der Waals surface area contributed by atoms with Gasteiger partial charge < -0.3 is 0 Å². The van der Waals surface area contributed by atoms with Crippen LogP contribution in [-0.4, -0.2) is 25.7 Å². The normalized spacial score (nSPS) is 10.7. The average Bonchev–Trinajstić information content (AvgIpc) is 3.33. The molecule has 5 nitrogen and oxygen atoms in total. The third-order valence-electron chi connectivity index (χ3n) is 3.31. The Kier molecular flexibility index (Phi) is 3.94. The van der Waals surface area contributed by atoms with Gasteiger partial charge in [-0.25, -0.2) is 9.97 Å². The summed E-state index contributed by atoms with van der Waals surface area (Å²) < 4.78 is 0. The lowest BCUT2D eigenvalue weighted by Crippen LogP contribution is -2.00. The van der Waals surface area contributed by atoms with E-state index in [-0.39, 0.29) is 5.78 Å². The highest BCUT2D eigenvalue weighted by Crippen LogP contribution is 2.26. The van der Waals surface area contributed by atoms with Gasteiger partial charge in [0.1, 0.15) is 0 Å². The molecular weight excluding hydrogens is 340 g/mol. The topological polar surface area (TPSA) is 68.6 Å². The Labute approximate surface area is 145 Å². The van der Waals surface area contributed by atoms with E-state index in [0.717, 1.165) is 22.5 Å². The Balaban J connectivity index is 1.61. The number of thiazole rings is 2. The molecule has 24 heavy (non-hydrogen) atoms. The van der Waals surface area contributed by atoms with Crippen LogP contribution in [0, 0.1) is 0 Å². The van der Waals surface area contributed by atoms with Gasteiger partial charge in [-0.05, 0) is 24.3 Å². The van der Waals surface area contributed by atoms with E-state index in [1.807, 2.05) is 35.0 Å². The first kappa shape index (κ1) is 14.8. The number of aromatic nitrogens is 4. The molecule has 4 heterocycles. The van der Waals surface area contributed by atoms with Crippen LogP contribution in [0.1, 0.15) is 14.8 Å². The Morgan fingerprint density at radius 1 is 0.792 bits per heavy atom. The predicted octanol–water partition coefficient (Wildman–Crippen LogP) is 3.95. The molecule has 0 saturated carbocycles. The predicted molar refractivity (Wildman–Crippen MR) is 94.1 cm³/mol. The van der Waals surface area contributed by atoms with Gasteiger partial charge >= 0.3 is 0 Å². The second kappa shape index (κ2) is 6.38. The van der Waals surface area contributed by atoms with Crippen LogP contribution in [0.2, 0.25) is 0 Å². The minimum Gasteiger partial charge on any atom is -0.283 e. The molecule has 0 aromatic carbocycles. The van der Waals surface area contributed by atoms with Gasteiger partial charge in [-0.15, -0.1) is 22.7 Å². The molecule has 0 N–H and O–H groups in total. The zero-order valence-electron chi connectivity index (χ0n) is 12.3. The van der Waals surface area contributed by atoms with Crippen molar-refractivity contribution in [2.45, 2.75) is 0 Å². The summed E-state index contributed by atoms with van der Waals surface area (Å²) >= 11 is 2.64. The molecule has 0 saturated heterocycles. The van der Waals surface area contributed by atoms with Crippen molar-refractivity contribution in [1.82, 2.24) is 19.9 Å². The summed E-state index contributed by atoms with van der Waals surface area (Å²) in [7, 11) is 0. The van der Waals surface area contributed by atoms with Crippen molar-refractivity contribution < 1.29 is 4.79 Å². The van der Waals surface area contributed by atoms with Gasteiger partial charge in [-0.3, -0.25) is 14.8 Å². The van der Waals surface area contributed by atoms with E-state index < -0.39 is 0 Å². The summed E-state index contributed by atoms with van der Waals surface area (Å²) in [6.45, 7) is 0. The Morgan fingerprint density at radius 2 is 1.29 bits per heavy atom. The van der Waals surface area contributed by atoms with Gasteiger partial charge in [0.2, 0.25) is 5.78 Å².